The number of alkyl halides is 3. The molecule has 1 aromatic heterocycles. The maximum Gasteiger partial charge on any atom is 0.416 e. The largest absolute Gasteiger partial charge is 0.507 e. The predicted octanol–water partition coefficient (Wildman–Crippen LogP) is 3.20. The summed E-state index contributed by atoms with van der Waals surface area (Å²) in [5.41, 5.74) is 1.96. The normalized spacial score (nSPS) is 22.2. The molecule has 3 heterocycles. The molecule has 3 aliphatic rings. The van der Waals surface area contributed by atoms with Crippen LogP contribution in [0.5, 0.6) is 5.75 Å². The molecule has 2 fully saturated rings. The van der Waals surface area contributed by atoms with Gasteiger partial charge in [0.1, 0.15) is 11.4 Å². The van der Waals surface area contributed by atoms with Gasteiger partial charge in [-0.25, -0.2) is 0 Å². The number of phenols is 1. The summed E-state index contributed by atoms with van der Waals surface area (Å²) in [6, 6.07) is 3.96. The minimum absolute atomic E-state index is 0.298. The van der Waals surface area contributed by atoms with Crippen molar-refractivity contribution in [2.75, 3.05) is 31.5 Å². The van der Waals surface area contributed by atoms with E-state index in [2.05, 4.69) is 25.7 Å². The molecular weight excluding hydrogens is 407 g/mol. The van der Waals surface area contributed by atoms with Crippen LogP contribution in [0.4, 0.5) is 19.0 Å². The Labute approximate surface area is 178 Å². The Bertz CT molecular complexity index is 976. The second-order valence-electron chi connectivity index (χ2n) is 8.73. The third-order valence-corrected chi connectivity index (χ3v) is 6.69. The predicted molar refractivity (Wildman–Crippen MR) is 111 cm³/mol. The van der Waals surface area contributed by atoms with Crippen LogP contribution in [0.1, 0.15) is 36.0 Å². The average molecular weight is 433 g/mol. The smallest absolute Gasteiger partial charge is 0.416 e. The second-order valence-corrected chi connectivity index (χ2v) is 8.73. The minimum Gasteiger partial charge on any atom is -0.507 e. The van der Waals surface area contributed by atoms with Crippen molar-refractivity contribution in [1.29, 1.82) is 0 Å². The summed E-state index contributed by atoms with van der Waals surface area (Å²) >= 11 is 0. The van der Waals surface area contributed by atoms with Crippen LogP contribution in [0.15, 0.2) is 18.2 Å². The van der Waals surface area contributed by atoms with Gasteiger partial charge in [-0.1, -0.05) is 0 Å². The molecule has 0 radical (unpaired) electrons. The van der Waals surface area contributed by atoms with E-state index in [0.717, 1.165) is 87.4 Å². The van der Waals surface area contributed by atoms with Crippen molar-refractivity contribution >= 4 is 5.82 Å². The van der Waals surface area contributed by atoms with Crippen molar-refractivity contribution in [1.82, 2.24) is 20.4 Å². The number of hydrogen-bond donors (Lipinski definition) is 3. The molecule has 1 aliphatic carbocycles. The molecule has 1 aromatic carbocycles. The van der Waals surface area contributed by atoms with Crippen molar-refractivity contribution in [3.63, 3.8) is 0 Å². The molecule has 3 N–H and O–H groups in total. The molecule has 0 unspecified atom stereocenters. The van der Waals surface area contributed by atoms with Gasteiger partial charge in [-0.15, -0.1) is 10.2 Å². The summed E-state index contributed by atoms with van der Waals surface area (Å²) in [6.07, 6.45) is 0.289. The van der Waals surface area contributed by atoms with E-state index in [4.69, 9.17) is 0 Å². The second kappa shape index (κ2) is 7.94. The monoisotopic (exact) mass is 433 g/mol. The van der Waals surface area contributed by atoms with Crippen LogP contribution in [0.3, 0.4) is 0 Å². The summed E-state index contributed by atoms with van der Waals surface area (Å²) in [5, 5.41) is 26.0. The molecule has 0 amide bonds. The van der Waals surface area contributed by atoms with Gasteiger partial charge in [0.05, 0.1) is 5.56 Å². The number of nitrogens with one attached hydrogen (secondary N) is 2. The van der Waals surface area contributed by atoms with E-state index in [0.29, 0.717) is 23.3 Å². The Morgan fingerprint density at radius 3 is 2.61 bits per heavy atom. The number of halogens is 3. The third kappa shape index (κ3) is 3.96. The topological polar surface area (TPSA) is 73.3 Å². The number of anilines is 1. The highest BCUT2D eigenvalue weighted by Crippen LogP contribution is 2.40. The number of piperidine rings is 1. The zero-order valence-corrected chi connectivity index (χ0v) is 17.2. The van der Waals surface area contributed by atoms with E-state index >= 15 is 0 Å². The molecule has 0 bridgehead atoms. The van der Waals surface area contributed by atoms with E-state index in [-0.39, 0.29) is 0 Å². The first-order valence-corrected chi connectivity index (χ1v) is 10.9. The van der Waals surface area contributed by atoms with Crippen LogP contribution in [-0.2, 0) is 19.0 Å². The van der Waals surface area contributed by atoms with Gasteiger partial charge in [0.25, 0.3) is 0 Å². The summed E-state index contributed by atoms with van der Waals surface area (Å²) in [6.45, 7) is 4.20. The van der Waals surface area contributed by atoms with Crippen LogP contribution in [-0.4, -0.2) is 58.5 Å². The Kier molecular flexibility index (Phi) is 5.26. The Morgan fingerprint density at radius 1 is 1.10 bits per heavy atom. The molecule has 0 spiro atoms. The van der Waals surface area contributed by atoms with Crippen molar-refractivity contribution in [2.45, 2.75) is 50.4 Å². The number of likely N-dealkylation sites (tertiary alicyclic amines) is 1. The van der Waals surface area contributed by atoms with Crippen molar-refractivity contribution < 1.29 is 18.3 Å². The van der Waals surface area contributed by atoms with Gasteiger partial charge in [-0.05, 0) is 62.4 Å². The Balaban J connectivity index is 1.40. The summed E-state index contributed by atoms with van der Waals surface area (Å²) in [7, 11) is 0. The lowest BCUT2D eigenvalue weighted by Gasteiger charge is -2.43. The van der Waals surface area contributed by atoms with Crippen LogP contribution in [0.25, 0.3) is 11.3 Å². The average Bonchev–Trinajstić information content (AvgIpc) is 3.17. The molecule has 5 rings (SSSR count). The molecule has 6 nitrogen and oxygen atoms in total. The number of benzene rings is 1. The highest BCUT2D eigenvalue weighted by atomic mass is 19.4. The fraction of sp³-hybridized carbons (Fsp3) is 0.545. The lowest BCUT2D eigenvalue weighted by atomic mass is 9.99. The Morgan fingerprint density at radius 2 is 1.90 bits per heavy atom. The molecule has 2 saturated heterocycles. The first-order chi connectivity index (χ1) is 14.9. The maximum atomic E-state index is 12.9. The number of rotatable bonds is 4. The van der Waals surface area contributed by atoms with E-state index in [1.165, 1.54) is 6.07 Å². The number of fused-ring (bicyclic) bond motifs is 1. The quantitative estimate of drug-likeness (QED) is 0.688. The highest BCUT2D eigenvalue weighted by molar-refractivity contribution is 5.73. The van der Waals surface area contributed by atoms with E-state index < -0.39 is 17.5 Å². The van der Waals surface area contributed by atoms with Gasteiger partial charge < -0.3 is 15.7 Å². The number of phenolic OH excluding ortho intramolecular Hbond substituents is 1. The number of nitrogens with zero attached hydrogens (tertiary/aromatic N) is 3. The van der Waals surface area contributed by atoms with E-state index in [9.17, 15) is 18.3 Å². The minimum atomic E-state index is -4.50. The molecular formula is C22H26F3N5O. The van der Waals surface area contributed by atoms with Gasteiger partial charge >= 0.3 is 6.18 Å². The van der Waals surface area contributed by atoms with Crippen LogP contribution in [0.2, 0.25) is 0 Å². The third-order valence-electron chi connectivity index (χ3n) is 6.69. The first kappa shape index (κ1) is 20.5. The fourth-order valence-corrected chi connectivity index (χ4v) is 4.91. The van der Waals surface area contributed by atoms with Crippen molar-refractivity contribution in [3.8, 4) is 17.0 Å². The van der Waals surface area contributed by atoms with Crippen LogP contribution in [0, 0.1) is 0 Å². The van der Waals surface area contributed by atoms with Crippen molar-refractivity contribution in [2.24, 2.45) is 0 Å². The molecule has 1 atom stereocenters. The van der Waals surface area contributed by atoms with Gasteiger partial charge in [-0.2, -0.15) is 13.2 Å². The lowest BCUT2D eigenvalue weighted by molar-refractivity contribution is -0.137. The molecule has 166 valence electrons. The van der Waals surface area contributed by atoms with E-state index in [1.807, 2.05) is 0 Å². The summed E-state index contributed by atoms with van der Waals surface area (Å²) in [4.78, 5) is 2.53. The summed E-state index contributed by atoms with van der Waals surface area (Å²) in [5.74, 6) is 0.359. The van der Waals surface area contributed by atoms with Gasteiger partial charge in [0, 0.05) is 42.8 Å². The first-order valence-electron chi connectivity index (χ1n) is 10.9. The number of aromatic hydroxyl groups is 1. The maximum absolute atomic E-state index is 12.9. The molecule has 2 aromatic rings. The zero-order valence-electron chi connectivity index (χ0n) is 17.2. The van der Waals surface area contributed by atoms with Gasteiger partial charge in [0.2, 0.25) is 0 Å². The van der Waals surface area contributed by atoms with Gasteiger partial charge in [-0.3, -0.25) is 4.90 Å². The van der Waals surface area contributed by atoms with Crippen molar-refractivity contribution in [3.05, 3.63) is 34.9 Å². The SMILES string of the molecule is Oc1cc(C(F)(F)F)ccc1-c1nnc(N[C@@H]2CCCN(C3CNC3)C2)c2c1CCC2. The standard InChI is InChI=1S/C22H26F3N5O/c23-22(24,25)13-6-7-18(19(31)9-13)20-16-4-1-5-17(16)21(29-28-20)27-14-3-2-8-30(12-14)15-10-26-11-15/h6-7,9,14-15,26,31H,1-5,8,10-12H2,(H,27,29)/t14-/m1/s1. The summed E-state index contributed by atoms with van der Waals surface area (Å²) < 4.78 is 38.8. The number of aromatic nitrogens is 2. The molecule has 0 saturated carbocycles. The molecule has 9 heteroatoms. The highest BCUT2D eigenvalue weighted by Gasteiger charge is 2.33. The molecule has 31 heavy (non-hydrogen) atoms. The number of hydrogen-bond acceptors (Lipinski definition) is 6. The Hall–Kier alpha value is -2.39. The van der Waals surface area contributed by atoms with Crippen LogP contribution < -0.4 is 10.6 Å². The van der Waals surface area contributed by atoms with Gasteiger partial charge in [0.15, 0.2) is 5.82 Å². The molecule has 2 aliphatic heterocycles. The van der Waals surface area contributed by atoms with E-state index in [1.54, 1.807) is 0 Å². The lowest BCUT2D eigenvalue weighted by Crippen LogP contribution is -2.60. The van der Waals surface area contributed by atoms with Crippen LogP contribution >= 0.6 is 0 Å². The zero-order chi connectivity index (χ0) is 21.6. The fourth-order valence-electron chi connectivity index (χ4n) is 4.91.